The fourth-order valence-corrected chi connectivity index (χ4v) is 1.56. The van der Waals surface area contributed by atoms with Gasteiger partial charge in [-0.2, -0.15) is 0 Å². The number of phenols is 1. The van der Waals surface area contributed by atoms with E-state index >= 15 is 0 Å². The largest absolute Gasteiger partial charge is 0.505 e. The lowest BCUT2D eigenvalue weighted by atomic mass is 9.99. The van der Waals surface area contributed by atoms with Crippen molar-refractivity contribution in [2.24, 2.45) is 5.73 Å². The van der Waals surface area contributed by atoms with Crippen molar-refractivity contribution in [2.45, 2.75) is 26.7 Å². The molecule has 0 saturated carbocycles. The maximum absolute atomic E-state index is 10.0. The molecular weight excluding hydrogens is 208 g/mol. The summed E-state index contributed by atoms with van der Waals surface area (Å²) in [5, 5.41) is 13.0. The third-order valence-corrected chi connectivity index (χ3v) is 2.39. The minimum Gasteiger partial charge on any atom is -0.505 e. The number of nitrogens with one attached hydrogen (secondary N) is 1. The fourth-order valence-electron chi connectivity index (χ4n) is 1.46. The number of hydrogen-bond acceptors (Lipinski definition) is 2. The van der Waals surface area contributed by atoms with Gasteiger partial charge in [-0.05, 0) is 36.2 Å². The second kappa shape index (κ2) is 4.49. The van der Waals surface area contributed by atoms with Gasteiger partial charge in [-0.25, -0.2) is 0 Å². The van der Waals surface area contributed by atoms with Crippen molar-refractivity contribution < 1.29 is 5.11 Å². The molecule has 0 fully saturated rings. The normalized spacial score (nSPS) is 10.4. The smallest absolute Gasteiger partial charge is 0.168 e. The molecule has 82 valence electrons. The molecule has 0 aliphatic carbocycles. The summed E-state index contributed by atoms with van der Waals surface area (Å²) in [5.41, 5.74) is 7.81. The van der Waals surface area contributed by atoms with Gasteiger partial charge in [0.1, 0.15) is 5.75 Å². The van der Waals surface area contributed by atoms with Crippen molar-refractivity contribution in [3.63, 3.8) is 0 Å². The van der Waals surface area contributed by atoms with Crippen LogP contribution in [-0.4, -0.2) is 10.2 Å². The molecule has 15 heavy (non-hydrogen) atoms. The monoisotopic (exact) mass is 224 g/mol. The van der Waals surface area contributed by atoms with E-state index in [9.17, 15) is 5.11 Å². The van der Waals surface area contributed by atoms with Crippen molar-refractivity contribution in [1.82, 2.24) is 0 Å². The van der Waals surface area contributed by atoms with E-state index < -0.39 is 0 Å². The molecule has 0 spiro atoms. The summed E-state index contributed by atoms with van der Waals surface area (Å²) in [6.45, 7) is 5.94. The minimum absolute atomic E-state index is 0.161. The number of aromatic hydroxyl groups is 1. The maximum atomic E-state index is 10.0. The van der Waals surface area contributed by atoms with Gasteiger partial charge in [-0.3, -0.25) is 0 Å². The molecule has 0 saturated heterocycles. The Kier molecular flexibility index (Phi) is 3.52. The van der Waals surface area contributed by atoms with Gasteiger partial charge >= 0.3 is 0 Å². The quantitative estimate of drug-likeness (QED) is 0.533. The Morgan fingerprint density at radius 1 is 1.47 bits per heavy atom. The minimum atomic E-state index is 0.161. The topological polar surface area (TPSA) is 58.3 Å². The molecule has 4 heteroatoms. The number of benzene rings is 1. The molecule has 1 aromatic carbocycles. The summed E-state index contributed by atoms with van der Waals surface area (Å²) in [4.78, 5) is 0. The Bertz CT molecular complexity index is 388. The van der Waals surface area contributed by atoms with E-state index in [-0.39, 0.29) is 16.8 Å². The van der Waals surface area contributed by atoms with Crippen LogP contribution >= 0.6 is 12.2 Å². The van der Waals surface area contributed by atoms with E-state index in [4.69, 9.17) is 18.0 Å². The molecular formula is C11H16N2OS. The summed E-state index contributed by atoms with van der Waals surface area (Å²) >= 11 is 4.76. The van der Waals surface area contributed by atoms with Crippen LogP contribution in [-0.2, 0) is 0 Å². The second-order valence-corrected chi connectivity index (χ2v) is 4.28. The van der Waals surface area contributed by atoms with Gasteiger partial charge in [0, 0.05) is 0 Å². The highest BCUT2D eigenvalue weighted by atomic mass is 32.1. The number of anilines is 1. The number of phenolic OH excluding ortho intramolecular Hbond substituents is 1. The van der Waals surface area contributed by atoms with Crippen LogP contribution in [0, 0.1) is 6.92 Å². The van der Waals surface area contributed by atoms with Crippen LogP contribution in [0.25, 0.3) is 0 Å². The highest BCUT2D eigenvalue weighted by Gasteiger charge is 2.12. The van der Waals surface area contributed by atoms with E-state index in [1.807, 2.05) is 32.9 Å². The van der Waals surface area contributed by atoms with E-state index in [1.165, 1.54) is 0 Å². The zero-order chi connectivity index (χ0) is 11.6. The number of nitrogens with two attached hydrogens (primary N) is 1. The Balaban J connectivity index is 3.23. The molecule has 0 unspecified atom stereocenters. The second-order valence-electron chi connectivity index (χ2n) is 3.84. The Hall–Kier alpha value is -1.29. The number of hydrogen-bond donors (Lipinski definition) is 3. The first-order chi connectivity index (χ1) is 6.93. The average Bonchev–Trinajstić information content (AvgIpc) is 2.11. The predicted molar refractivity (Wildman–Crippen MR) is 67.3 cm³/mol. The molecule has 4 N–H and O–H groups in total. The van der Waals surface area contributed by atoms with Crippen LogP contribution in [0.4, 0.5) is 5.69 Å². The summed E-state index contributed by atoms with van der Waals surface area (Å²) in [7, 11) is 0. The zero-order valence-corrected chi connectivity index (χ0v) is 9.98. The Morgan fingerprint density at radius 2 is 2.07 bits per heavy atom. The first-order valence-electron chi connectivity index (χ1n) is 4.82. The fraction of sp³-hybridized carbons (Fsp3) is 0.364. The summed E-state index contributed by atoms with van der Waals surface area (Å²) in [6.07, 6.45) is 0. The first-order valence-corrected chi connectivity index (χ1v) is 5.23. The van der Waals surface area contributed by atoms with Gasteiger partial charge in [0.15, 0.2) is 5.11 Å². The number of thiocarbonyl (C=S) groups is 1. The standard InChI is InChI=1S/C11H16N2OS/c1-6(2)8-5-4-7(3)9(10(8)14)13-11(12)15/h4-6,14H,1-3H3,(H3,12,13,15). The molecule has 0 radical (unpaired) electrons. The molecule has 0 amide bonds. The SMILES string of the molecule is Cc1ccc(C(C)C)c(O)c1NC(N)=S. The van der Waals surface area contributed by atoms with Crippen molar-refractivity contribution in [3.05, 3.63) is 23.3 Å². The lowest BCUT2D eigenvalue weighted by molar-refractivity contribution is 0.467. The summed E-state index contributed by atoms with van der Waals surface area (Å²) in [5.74, 6) is 0.496. The third-order valence-electron chi connectivity index (χ3n) is 2.29. The van der Waals surface area contributed by atoms with Gasteiger partial charge in [0.25, 0.3) is 0 Å². The van der Waals surface area contributed by atoms with Crippen molar-refractivity contribution in [1.29, 1.82) is 0 Å². The van der Waals surface area contributed by atoms with Gasteiger partial charge in [0.2, 0.25) is 0 Å². The van der Waals surface area contributed by atoms with Crippen LogP contribution in [0.5, 0.6) is 5.75 Å². The number of rotatable bonds is 2. The highest BCUT2D eigenvalue weighted by Crippen LogP contribution is 2.35. The van der Waals surface area contributed by atoms with Crippen molar-refractivity contribution in [3.8, 4) is 5.75 Å². The Labute approximate surface area is 95.3 Å². The van der Waals surface area contributed by atoms with Gasteiger partial charge < -0.3 is 16.2 Å². The van der Waals surface area contributed by atoms with Crippen molar-refractivity contribution >= 4 is 23.0 Å². The summed E-state index contributed by atoms with van der Waals surface area (Å²) < 4.78 is 0. The number of aryl methyl sites for hydroxylation is 1. The van der Waals surface area contributed by atoms with E-state index in [2.05, 4.69) is 5.32 Å². The molecule has 0 aliphatic heterocycles. The van der Waals surface area contributed by atoms with Gasteiger partial charge in [-0.1, -0.05) is 26.0 Å². The maximum Gasteiger partial charge on any atom is 0.168 e. The lowest BCUT2D eigenvalue weighted by Gasteiger charge is -2.15. The van der Waals surface area contributed by atoms with Crippen LogP contribution in [0.1, 0.15) is 30.9 Å². The van der Waals surface area contributed by atoms with Gasteiger partial charge in [0.05, 0.1) is 5.69 Å². The van der Waals surface area contributed by atoms with Crippen LogP contribution in [0.3, 0.4) is 0 Å². The van der Waals surface area contributed by atoms with Crippen LogP contribution in [0.2, 0.25) is 0 Å². The first kappa shape index (κ1) is 11.8. The zero-order valence-electron chi connectivity index (χ0n) is 9.16. The van der Waals surface area contributed by atoms with E-state index in [0.29, 0.717) is 5.69 Å². The molecule has 1 aromatic rings. The Morgan fingerprint density at radius 3 is 2.53 bits per heavy atom. The average molecular weight is 224 g/mol. The molecule has 3 nitrogen and oxygen atoms in total. The molecule has 1 rings (SSSR count). The van der Waals surface area contributed by atoms with Gasteiger partial charge in [-0.15, -0.1) is 0 Å². The molecule has 0 bridgehead atoms. The lowest BCUT2D eigenvalue weighted by Crippen LogP contribution is -2.19. The van der Waals surface area contributed by atoms with E-state index in [1.54, 1.807) is 0 Å². The molecule has 0 atom stereocenters. The highest BCUT2D eigenvalue weighted by molar-refractivity contribution is 7.80. The van der Waals surface area contributed by atoms with E-state index in [0.717, 1.165) is 11.1 Å². The predicted octanol–water partition coefficient (Wildman–Crippen LogP) is 2.48. The van der Waals surface area contributed by atoms with Crippen LogP contribution < -0.4 is 11.1 Å². The molecule has 0 heterocycles. The van der Waals surface area contributed by atoms with Crippen LogP contribution in [0.15, 0.2) is 12.1 Å². The molecule has 0 aliphatic rings. The third kappa shape index (κ3) is 2.59. The molecule has 0 aromatic heterocycles. The van der Waals surface area contributed by atoms with Crippen molar-refractivity contribution in [2.75, 3.05) is 5.32 Å². The summed E-state index contributed by atoms with van der Waals surface area (Å²) in [6, 6.07) is 3.86.